The van der Waals surface area contributed by atoms with Gasteiger partial charge in [-0.1, -0.05) is 0 Å². The minimum Gasteiger partial charge on any atom is -0.760 e. The molecule has 0 bridgehead atoms. The maximum Gasteiger partial charge on any atom is 0.0206 e. The van der Waals surface area contributed by atoms with Gasteiger partial charge in [0.1, 0.15) is 0 Å². The molecule has 1 rings (SSSR count). The van der Waals surface area contributed by atoms with Crippen molar-refractivity contribution in [1.29, 1.82) is 0 Å². The van der Waals surface area contributed by atoms with Gasteiger partial charge in [-0.3, -0.25) is 4.21 Å². The molecule has 1 aliphatic rings. The van der Waals surface area contributed by atoms with Crippen LogP contribution in [0.5, 0.6) is 0 Å². The third-order valence-corrected chi connectivity index (χ3v) is 2.12. The first-order chi connectivity index (χ1) is 4.20. The highest BCUT2D eigenvalue weighted by Gasteiger charge is 2.22. The third kappa shape index (κ3) is 2.43. The molecule has 0 heterocycles. The lowest BCUT2D eigenvalue weighted by molar-refractivity contribution is 0.421. The molecule has 9 heavy (non-hydrogen) atoms. The Labute approximate surface area is 57.5 Å². The van der Waals surface area contributed by atoms with E-state index in [1.54, 1.807) is 7.05 Å². The second-order valence-electron chi connectivity index (χ2n) is 2.47. The summed E-state index contributed by atoms with van der Waals surface area (Å²) in [5.74, 6) is 0.646. The average molecular weight is 148 g/mol. The molecule has 0 radical (unpaired) electrons. The average Bonchev–Trinajstić information content (AvgIpc) is 2.50. The van der Waals surface area contributed by atoms with Gasteiger partial charge in [0.25, 0.3) is 0 Å². The van der Waals surface area contributed by atoms with Crippen molar-refractivity contribution in [2.75, 3.05) is 13.6 Å². The van der Waals surface area contributed by atoms with Gasteiger partial charge in [-0.25, -0.2) is 4.31 Å². The Bertz CT molecular complexity index is 124. The zero-order valence-corrected chi connectivity index (χ0v) is 6.19. The Morgan fingerprint density at radius 1 is 1.78 bits per heavy atom. The molecule has 1 atom stereocenters. The van der Waals surface area contributed by atoms with E-state index in [0.717, 1.165) is 0 Å². The summed E-state index contributed by atoms with van der Waals surface area (Å²) in [6, 6.07) is 0. The van der Waals surface area contributed by atoms with E-state index >= 15 is 0 Å². The molecular formula is C5H10NO2S-. The summed E-state index contributed by atoms with van der Waals surface area (Å²) < 4.78 is 21.7. The second-order valence-corrected chi connectivity index (χ2v) is 3.53. The largest absolute Gasteiger partial charge is 0.760 e. The molecule has 0 aromatic carbocycles. The van der Waals surface area contributed by atoms with Crippen LogP contribution in [0.3, 0.4) is 0 Å². The molecule has 1 fully saturated rings. The molecule has 3 nitrogen and oxygen atoms in total. The third-order valence-electron chi connectivity index (χ3n) is 1.47. The first-order valence-corrected chi connectivity index (χ1v) is 4.04. The van der Waals surface area contributed by atoms with E-state index in [1.165, 1.54) is 17.1 Å². The molecule has 0 spiro atoms. The summed E-state index contributed by atoms with van der Waals surface area (Å²) in [6.45, 7) is 0.704. The zero-order chi connectivity index (χ0) is 6.85. The molecular weight excluding hydrogens is 138 g/mol. The van der Waals surface area contributed by atoms with Gasteiger partial charge >= 0.3 is 0 Å². The standard InChI is InChI=1S/C5H11NO2S/c1-6(9(7)8)4-5-2-3-5/h5H,2-4H2,1H3,(H,7,8)/p-1. The molecule has 0 N–H and O–H groups in total. The highest BCUT2D eigenvalue weighted by molar-refractivity contribution is 7.76. The lowest BCUT2D eigenvalue weighted by atomic mass is 10.4. The predicted octanol–water partition coefficient (Wildman–Crippen LogP) is 0.122. The van der Waals surface area contributed by atoms with E-state index < -0.39 is 11.3 Å². The normalized spacial score (nSPS) is 22.6. The fraction of sp³-hybridized carbons (Fsp3) is 1.00. The number of hydrogen-bond donors (Lipinski definition) is 0. The number of nitrogens with zero attached hydrogens (tertiary/aromatic N) is 1. The van der Waals surface area contributed by atoms with Gasteiger partial charge < -0.3 is 4.55 Å². The van der Waals surface area contributed by atoms with E-state index in [-0.39, 0.29) is 0 Å². The van der Waals surface area contributed by atoms with Gasteiger partial charge in [-0.15, -0.1) is 0 Å². The van der Waals surface area contributed by atoms with Crippen LogP contribution in [-0.2, 0) is 11.3 Å². The highest BCUT2D eigenvalue weighted by Crippen LogP contribution is 2.29. The molecule has 0 aromatic heterocycles. The first-order valence-electron chi connectivity index (χ1n) is 3.00. The second kappa shape index (κ2) is 2.77. The van der Waals surface area contributed by atoms with E-state index in [4.69, 9.17) is 0 Å². The van der Waals surface area contributed by atoms with Crippen molar-refractivity contribution < 1.29 is 8.76 Å². The summed E-state index contributed by atoms with van der Waals surface area (Å²) >= 11 is -2.01. The van der Waals surface area contributed by atoms with Crippen LogP contribution < -0.4 is 0 Å². The van der Waals surface area contributed by atoms with Crippen molar-refractivity contribution in [3.63, 3.8) is 0 Å². The molecule has 0 aliphatic heterocycles. The van der Waals surface area contributed by atoms with Crippen LogP contribution in [0.15, 0.2) is 0 Å². The number of hydrogen-bond acceptors (Lipinski definition) is 2. The van der Waals surface area contributed by atoms with Crippen LogP contribution in [-0.4, -0.2) is 26.7 Å². The zero-order valence-electron chi connectivity index (χ0n) is 5.37. The molecule has 0 amide bonds. The van der Waals surface area contributed by atoms with Gasteiger partial charge in [0, 0.05) is 17.8 Å². The lowest BCUT2D eigenvalue weighted by Gasteiger charge is -2.17. The van der Waals surface area contributed by atoms with E-state index in [0.29, 0.717) is 12.5 Å². The van der Waals surface area contributed by atoms with Crippen molar-refractivity contribution in [3.05, 3.63) is 0 Å². The van der Waals surface area contributed by atoms with Crippen molar-refractivity contribution in [3.8, 4) is 0 Å². The Kier molecular flexibility index (Phi) is 2.21. The van der Waals surface area contributed by atoms with Crippen molar-refractivity contribution in [2.24, 2.45) is 5.92 Å². The SMILES string of the molecule is CN(CC1CC1)S(=O)[O-]. The Balaban J connectivity index is 2.16. The first kappa shape index (κ1) is 7.18. The van der Waals surface area contributed by atoms with Crippen LogP contribution in [0.4, 0.5) is 0 Å². The fourth-order valence-electron chi connectivity index (χ4n) is 0.725. The minimum absolute atomic E-state index is 0.646. The van der Waals surface area contributed by atoms with Gasteiger partial charge in [-0.05, 0) is 25.8 Å². The summed E-state index contributed by atoms with van der Waals surface area (Å²) in [5, 5.41) is 0. The van der Waals surface area contributed by atoms with Crippen LogP contribution in [0.1, 0.15) is 12.8 Å². The lowest BCUT2D eigenvalue weighted by Crippen LogP contribution is -2.22. The van der Waals surface area contributed by atoms with E-state index in [1.807, 2.05) is 0 Å². The molecule has 0 saturated heterocycles. The van der Waals surface area contributed by atoms with E-state index in [9.17, 15) is 8.76 Å². The molecule has 0 aromatic rings. The van der Waals surface area contributed by atoms with Crippen molar-refractivity contribution >= 4 is 11.3 Å². The predicted molar refractivity (Wildman–Crippen MR) is 34.3 cm³/mol. The Hall–Kier alpha value is 0.0700. The summed E-state index contributed by atoms with van der Waals surface area (Å²) in [5.41, 5.74) is 0. The van der Waals surface area contributed by atoms with Crippen LogP contribution in [0.2, 0.25) is 0 Å². The molecule has 1 unspecified atom stereocenters. The Morgan fingerprint density at radius 2 is 2.33 bits per heavy atom. The maximum absolute atomic E-state index is 10.2. The Morgan fingerprint density at radius 3 is 2.67 bits per heavy atom. The van der Waals surface area contributed by atoms with Crippen molar-refractivity contribution in [1.82, 2.24) is 4.31 Å². The van der Waals surface area contributed by atoms with Gasteiger partial charge in [0.15, 0.2) is 0 Å². The monoisotopic (exact) mass is 148 g/mol. The molecule has 1 aliphatic carbocycles. The fourth-order valence-corrected chi connectivity index (χ4v) is 1.06. The molecule has 4 heteroatoms. The minimum atomic E-state index is -2.01. The van der Waals surface area contributed by atoms with Crippen molar-refractivity contribution in [2.45, 2.75) is 12.8 Å². The molecule has 1 saturated carbocycles. The highest BCUT2D eigenvalue weighted by atomic mass is 32.2. The quantitative estimate of drug-likeness (QED) is 0.534. The topological polar surface area (TPSA) is 43.4 Å². The van der Waals surface area contributed by atoms with Gasteiger partial charge in [-0.2, -0.15) is 0 Å². The van der Waals surface area contributed by atoms with E-state index in [2.05, 4.69) is 0 Å². The smallest absolute Gasteiger partial charge is 0.0206 e. The maximum atomic E-state index is 10.2. The van der Waals surface area contributed by atoms with Crippen LogP contribution in [0, 0.1) is 5.92 Å². The summed E-state index contributed by atoms with van der Waals surface area (Å²) in [4.78, 5) is 0. The molecule has 54 valence electrons. The van der Waals surface area contributed by atoms with Crippen LogP contribution in [0.25, 0.3) is 0 Å². The number of rotatable bonds is 3. The summed E-state index contributed by atoms with van der Waals surface area (Å²) in [7, 11) is 1.60. The summed E-state index contributed by atoms with van der Waals surface area (Å²) in [6.07, 6.45) is 2.39. The van der Waals surface area contributed by atoms with Crippen LogP contribution >= 0.6 is 0 Å². The van der Waals surface area contributed by atoms with Gasteiger partial charge in [0.05, 0.1) is 0 Å². The van der Waals surface area contributed by atoms with Gasteiger partial charge in [0.2, 0.25) is 0 Å².